The van der Waals surface area contributed by atoms with Crippen molar-refractivity contribution in [2.24, 2.45) is 11.1 Å². The van der Waals surface area contributed by atoms with Gasteiger partial charge in [-0.1, -0.05) is 19.9 Å². The summed E-state index contributed by atoms with van der Waals surface area (Å²) < 4.78 is 5.97. The summed E-state index contributed by atoms with van der Waals surface area (Å²) >= 11 is 0. The predicted octanol–water partition coefficient (Wildman–Crippen LogP) is 3.24. The first-order valence-corrected chi connectivity index (χ1v) is 7.10. The average Bonchev–Trinajstić information content (AvgIpc) is 2.62. The molecule has 1 aromatic rings. The van der Waals surface area contributed by atoms with E-state index in [1.54, 1.807) is 6.07 Å². The van der Waals surface area contributed by atoms with Crippen molar-refractivity contribution in [3.8, 4) is 11.5 Å². The Morgan fingerprint density at radius 1 is 1.47 bits per heavy atom. The van der Waals surface area contributed by atoms with Crippen molar-refractivity contribution in [1.82, 2.24) is 0 Å². The molecule has 3 nitrogen and oxygen atoms in total. The first kappa shape index (κ1) is 14.2. The molecule has 0 saturated heterocycles. The lowest BCUT2D eigenvalue weighted by Gasteiger charge is -2.19. The third kappa shape index (κ3) is 3.87. The molecule has 1 aliphatic carbocycles. The zero-order valence-electron chi connectivity index (χ0n) is 12.1. The standard InChI is InChI=1S/C16H25NO2/c1-11(17)8-12-4-5-14(18)15(9-12)19-13-6-7-16(2,3)10-13/h4-5,9,11,13,18H,6-8,10,17H2,1-3H3. The van der Waals surface area contributed by atoms with E-state index in [0.717, 1.165) is 24.8 Å². The van der Waals surface area contributed by atoms with E-state index in [1.165, 1.54) is 6.42 Å². The van der Waals surface area contributed by atoms with Crippen LogP contribution in [0.25, 0.3) is 0 Å². The van der Waals surface area contributed by atoms with E-state index in [-0.39, 0.29) is 17.9 Å². The average molecular weight is 263 g/mol. The van der Waals surface area contributed by atoms with Crippen molar-refractivity contribution in [3.63, 3.8) is 0 Å². The molecule has 0 spiro atoms. The number of nitrogens with two attached hydrogens (primary N) is 1. The Hall–Kier alpha value is -1.22. The van der Waals surface area contributed by atoms with Crippen molar-refractivity contribution in [2.45, 2.75) is 58.6 Å². The molecule has 0 aromatic heterocycles. The summed E-state index contributed by atoms with van der Waals surface area (Å²) in [6.07, 6.45) is 4.30. The van der Waals surface area contributed by atoms with Gasteiger partial charge < -0.3 is 15.6 Å². The highest BCUT2D eigenvalue weighted by atomic mass is 16.5. The van der Waals surface area contributed by atoms with Gasteiger partial charge in [0.2, 0.25) is 0 Å². The number of benzene rings is 1. The summed E-state index contributed by atoms with van der Waals surface area (Å²) in [5.41, 5.74) is 7.27. The molecule has 1 saturated carbocycles. The van der Waals surface area contributed by atoms with Crippen LogP contribution in [0.4, 0.5) is 0 Å². The van der Waals surface area contributed by atoms with Crippen molar-refractivity contribution >= 4 is 0 Å². The van der Waals surface area contributed by atoms with Gasteiger partial charge in [0.1, 0.15) is 0 Å². The van der Waals surface area contributed by atoms with Crippen LogP contribution in [0.2, 0.25) is 0 Å². The summed E-state index contributed by atoms with van der Waals surface area (Å²) in [4.78, 5) is 0. The lowest BCUT2D eigenvalue weighted by atomic mass is 9.92. The number of hydrogen-bond acceptors (Lipinski definition) is 3. The molecule has 3 N–H and O–H groups in total. The van der Waals surface area contributed by atoms with E-state index in [9.17, 15) is 5.11 Å². The monoisotopic (exact) mass is 263 g/mol. The van der Waals surface area contributed by atoms with Crippen LogP contribution in [0.1, 0.15) is 45.6 Å². The minimum absolute atomic E-state index is 0.114. The van der Waals surface area contributed by atoms with E-state index in [4.69, 9.17) is 10.5 Å². The lowest BCUT2D eigenvalue weighted by Crippen LogP contribution is -2.18. The van der Waals surface area contributed by atoms with Gasteiger partial charge in [-0.3, -0.25) is 0 Å². The highest BCUT2D eigenvalue weighted by molar-refractivity contribution is 5.42. The predicted molar refractivity (Wildman–Crippen MR) is 77.5 cm³/mol. The minimum atomic E-state index is 0.114. The summed E-state index contributed by atoms with van der Waals surface area (Å²) in [5, 5.41) is 9.90. The van der Waals surface area contributed by atoms with Gasteiger partial charge in [0, 0.05) is 6.04 Å². The SMILES string of the molecule is CC(N)Cc1ccc(O)c(OC2CCC(C)(C)C2)c1. The number of phenolic OH excluding ortho intramolecular Hbond substituents is 1. The number of rotatable bonds is 4. The van der Waals surface area contributed by atoms with E-state index < -0.39 is 0 Å². The smallest absolute Gasteiger partial charge is 0.161 e. The van der Waals surface area contributed by atoms with Gasteiger partial charge in [0.25, 0.3) is 0 Å². The Balaban J connectivity index is 2.07. The molecule has 2 unspecified atom stereocenters. The Bertz CT molecular complexity index is 440. The molecule has 2 atom stereocenters. The molecular weight excluding hydrogens is 238 g/mol. The maximum absolute atomic E-state index is 9.90. The first-order valence-electron chi connectivity index (χ1n) is 7.10. The Labute approximate surface area is 115 Å². The summed E-state index contributed by atoms with van der Waals surface area (Å²) in [5.74, 6) is 0.819. The normalized spacial score (nSPS) is 23.3. The first-order chi connectivity index (χ1) is 8.85. The zero-order chi connectivity index (χ0) is 14.0. The van der Waals surface area contributed by atoms with E-state index in [2.05, 4.69) is 13.8 Å². The molecule has 3 heteroatoms. The fourth-order valence-electron chi connectivity index (χ4n) is 2.80. The molecule has 0 amide bonds. The number of phenols is 1. The van der Waals surface area contributed by atoms with Gasteiger partial charge in [-0.05, 0) is 55.7 Å². The van der Waals surface area contributed by atoms with Crippen molar-refractivity contribution in [3.05, 3.63) is 23.8 Å². The van der Waals surface area contributed by atoms with Crippen LogP contribution < -0.4 is 10.5 Å². The van der Waals surface area contributed by atoms with Crippen molar-refractivity contribution < 1.29 is 9.84 Å². The van der Waals surface area contributed by atoms with Crippen LogP contribution in [-0.2, 0) is 6.42 Å². The molecule has 0 aliphatic heterocycles. The van der Waals surface area contributed by atoms with Crippen LogP contribution in [0.3, 0.4) is 0 Å². The second-order valence-corrected chi connectivity index (χ2v) is 6.63. The molecule has 0 heterocycles. The van der Waals surface area contributed by atoms with Gasteiger partial charge >= 0.3 is 0 Å². The molecule has 0 radical (unpaired) electrons. The molecule has 1 fully saturated rings. The van der Waals surface area contributed by atoms with Crippen molar-refractivity contribution in [2.75, 3.05) is 0 Å². The maximum Gasteiger partial charge on any atom is 0.161 e. The number of aromatic hydroxyl groups is 1. The van der Waals surface area contributed by atoms with E-state index >= 15 is 0 Å². The third-order valence-corrected chi connectivity index (χ3v) is 3.80. The minimum Gasteiger partial charge on any atom is -0.504 e. The summed E-state index contributed by atoms with van der Waals surface area (Å²) in [6, 6.07) is 5.64. The zero-order valence-corrected chi connectivity index (χ0v) is 12.1. The van der Waals surface area contributed by atoms with Gasteiger partial charge in [-0.15, -0.1) is 0 Å². The van der Waals surface area contributed by atoms with Gasteiger partial charge in [-0.2, -0.15) is 0 Å². The second kappa shape index (κ2) is 5.41. The Morgan fingerprint density at radius 2 is 2.21 bits per heavy atom. The number of hydrogen-bond donors (Lipinski definition) is 2. The second-order valence-electron chi connectivity index (χ2n) is 6.63. The summed E-state index contributed by atoms with van der Waals surface area (Å²) in [6.45, 7) is 6.51. The Morgan fingerprint density at radius 3 is 2.79 bits per heavy atom. The molecular formula is C16H25NO2. The van der Waals surface area contributed by atoms with Crippen LogP contribution in [0.5, 0.6) is 11.5 Å². The van der Waals surface area contributed by atoms with Crippen LogP contribution in [0, 0.1) is 5.41 Å². The number of ether oxygens (including phenoxy) is 1. The molecule has 106 valence electrons. The van der Waals surface area contributed by atoms with Crippen LogP contribution >= 0.6 is 0 Å². The van der Waals surface area contributed by atoms with E-state index in [0.29, 0.717) is 11.2 Å². The highest BCUT2D eigenvalue weighted by Crippen LogP contribution is 2.40. The van der Waals surface area contributed by atoms with Crippen LogP contribution in [0.15, 0.2) is 18.2 Å². The fraction of sp³-hybridized carbons (Fsp3) is 0.625. The van der Waals surface area contributed by atoms with Gasteiger partial charge in [0.05, 0.1) is 6.10 Å². The Kier molecular flexibility index (Phi) is 4.04. The van der Waals surface area contributed by atoms with Gasteiger partial charge in [0.15, 0.2) is 11.5 Å². The van der Waals surface area contributed by atoms with Crippen molar-refractivity contribution in [1.29, 1.82) is 0 Å². The topological polar surface area (TPSA) is 55.5 Å². The van der Waals surface area contributed by atoms with E-state index in [1.807, 2.05) is 19.1 Å². The largest absolute Gasteiger partial charge is 0.504 e. The lowest BCUT2D eigenvalue weighted by molar-refractivity contribution is 0.186. The molecule has 0 bridgehead atoms. The van der Waals surface area contributed by atoms with Gasteiger partial charge in [-0.25, -0.2) is 0 Å². The molecule has 1 aromatic carbocycles. The molecule has 1 aliphatic rings. The van der Waals surface area contributed by atoms with Crippen LogP contribution in [-0.4, -0.2) is 17.3 Å². The molecule has 19 heavy (non-hydrogen) atoms. The molecule has 2 rings (SSSR count). The highest BCUT2D eigenvalue weighted by Gasteiger charge is 2.32. The summed E-state index contributed by atoms with van der Waals surface area (Å²) in [7, 11) is 0. The third-order valence-electron chi connectivity index (χ3n) is 3.80. The quantitative estimate of drug-likeness (QED) is 0.876. The maximum atomic E-state index is 9.90. The fourth-order valence-corrected chi connectivity index (χ4v) is 2.80.